The molecular weight excluding hydrogens is 523 g/mol. The van der Waals surface area contributed by atoms with Crippen molar-refractivity contribution in [3.63, 3.8) is 0 Å². The first-order chi connectivity index (χ1) is 18.2. The molecule has 2 amide bonds. The maximum atomic E-state index is 14.1. The average Bonchev–Trinajstić information content (AvgIpc) is 3.32. The Bertz CT molecular complexity index is 1700. The second-order valence-electron chi connectivity index (χ2n) is 9.25. The number of imide groups is 1. The van der Waals surface area contributed by atoms with Crippen molar-refractivity contribution in [2.24, 2.45) is 0 Å². The molecule has 0 atom stereocenters. The van der Waals surface area contributed by atoms with E-state index in [-0.39, 0.29) is 21.9 Å². The number of amides is 2. The highest BCUT2D eigenvalue weighted by Crippen LogP contribution is 2.34. The highest BCUT2D eigenvalue weighted by Gasteiger charge is 2.48. The van der Waals surface area contributed by atoms with E-state index in [9.17, 15) is 14.4 Å². The van der Waals surface area contributed by atoms with E-state index < -0.39 is 17.4 Å². The number of benzene rings is 2. The van der Waals surface area contributed by atoms with Crippen molar-refractivity contribution in [2.75, 3.05) is 4.90 Å². The van der Waals surface area contributed by atoms with Crippen LogP contribution in [-0.2, 0) is 16.0 Å². The van der Waals surface area contributed by atoms with E-state index in [1.165, 1.54) is 4.68 Å². The van der Waals surface area contributed by atoms with E-state index in [2.05, 4.69) is 5.10 Å². The average molecular weight is 548 g/mol. The predicted octanol–water partition coefficient (Wildman–Crippen LogP) is 5.27. The number of nitrogens with zero attached hydrogens (tertiary/aromatic N) is 3. The predicted molar refractivity (Wildman–Crippen MR) is 149 cm³/mol. The molecule has 38 heavy (non-hydrogen) atoms. The summed E-state index contributed by atoms with van der Waals surface area (Å²) >= 11 is 12.3. The van der Waals surface area contributed by atoms with E-state index in [1.807, 2.05) is 32.9 Å². The molecular formula is C29H25Cl2N4O3+. The quantitative estimate of drug-likeness (QED) is 0.264. The number of aromatic amines is 1. The van der Waals surface area contributed by atoms with Crippen LogP contribution in [0.1, 0.15) is 35.7 Å². The highest BCUT2D eigenvalue weighted by molar-refractivity contribution is 6.53. The van der Waals surface area contributed by atoms with Crippen LogP contribution < -0.4 is 15.0 Å². The van der Waals surface area contributed by atoms with Gasteiger partial charge in [0.15, 0.2) is 12.4 Å². The molecule has 0 bridgehead atoms. The minimum Gasteiger partial charge on any atom is -0.294 e. The summed E-state index contributed by atoms with van der Waals surface area (Å²) in [6.07, 6.45) is 4.67. The van der Waals surface area contributed by atoms with Gasteiger partial charge in [0.1, 0.15) is 5.57 Å². The molecule has 0 saturated carbocycles. The zero-order valence-corrected chi connectivity index (χ0v) is 22.6. The summed E-state index contributed by atoms with van der Waals surface area (Å²) in [6.45, 7) is 5.76. The van der Waals surface area contributed by atoms with Gasteiger partial charge in [0.25, 0.3) is 17.2 Å². The van der Waals surface area contributed by atoms with Crippen molar-refractivity contribution < 1.29 is 14.2 Å². The molecule has 0 unspecified atom stereocenters. The lowest BCUT2D eigenvalue weighted by atomic mass is 10.0. The highest BCUT2D eigenvalue weighted by atomic mass is 35.5. The number of H-pyrrole nitrogens is 1. The molecule has 2 aromatic heterocycles. The molecule has 0 radical (unpaired) electrons. The lowest BCUT2D eigenvalue weighted by molar-refractivity contribution is -0.577. The van der Waals surface area contributed by atoms with Gasteiger partial charge in [0.2, 0.25) is 0 Å². The zero-order chi connectivity index (χ0) is 27.1. The van der Waals surface area contributed by atoms with Gasteiger partial charge in [0, 0.05) is 17.3 Å². The molecule has 0 saturated heterocycles. The monoisotopic (exact) mass is 547 g/mol. The van der Waals surface area contributed by atoms with E-state index >= 15 is 0 Å². The third-order valence-electron chi connectivity index (χ3n) is 6.40. The number of aromatic nitrogens is 3. The Labute approximate surface area is 229 Å². The fraction of sp³-hybridized carbons (Fsp3) is 0.172. The summed E-state index contributed by atoms with van der Waals surface area (Å²) in [5.74, 6) is -1.06. The van der Waals surface area contributed by atoms with E-state index in [1.54, 1.807) is 59.4 Å². The molecule has 4 aromatic rings. The number of anilines is 1. The number of pyridine rings is 1. The van der Waals surface area contributed by atoms with Crippen LogP contribution in [0.5, 0.6) is 0 Å². The van der Waals surface area contributed by atoms with Crippen molar-refractivity contribution >= 4 is 52.0 Å². The number of halogens is 2. The second kappa shape index (κ2) is 10.1. The first-order valence-corrected chi connectivity index (χ1v) is 12.9. The van der Waals surface area contributed by atoms with Gasteiger partial charge in [-0.2, -0.15) is 4.57 Å². The molecule has 3 heterocycles. The Morgan fingerprint density at radius 2 is 1.63 bits per heavy atom. The number of rotatable bonds is 6. The Balaban J connectivity index is 1.79. The third kappa shape index (κ3) is 4.38. The minimum absolute atomic E-state index is 0.0515. The van der Waals surface area contributed by atoms with Crippen molar-refractivity contribution in [2.45, 2.75) is 33.6 Å². The summed E-state index contributed by atoms with van der Waals surface area (Å²) in [5.41, 5.74) is 3.13. The molecule has 9 heteroatoms. The third-order valence-corrected chi connectivity index (χ3v) is 7.14. The number of aryl methyl sites for hydroxylation is 3. The van der Waals surface area contributed by atoms with E-state index in [0.717, 1.165) is 16.0 Å². The number of carbonyl (C=O) groups excluding carboxylic acids is 2. The molecule has 5 rings (SSSR count). The van der Waals surface area contributed by atoms with Gasteiger partial charge in [-0.1, -0.05) is 48.7 Å². The lowest BCUT2D eigenvalue weighted by Crippen LogP contribution is -2.39. The lowest BCUT2D eigenvalue weighted by Gasteiger charge is -2.14. The second-order valence-corrected chi connectivity index (χ2v) is 10.1. The topological polar surface area (TPSA) is 79.1 Å². The van der Waals surface area contributed by atoms with E-state index in [4.69, 9.17) is 23.2 Å². The van der Waals surface area contributed by atoms with Crippen LogP contribution in [-0.4, -0.2) is 21.6 Å². The van der Waals surface area contributed by atoms with Crippen LogP contribution in [0.15, 0.2) is 71.8 Å². The molecule has 1 aliphatic rings. The molecule has 0 aliphatic carbocycles. The maximum Gasteiger partial charge on any atom is 0.331 e. The normalized spacial score (nSPS) is 13.7. The summed E-state index contributed by atoms with van der Waals surface area (Å²) in [4.78, 5) is 43.1. The van der Waals surface area contributed by atoms with Crippen LogP contribution in [0.2, 0.25) is 10.0 Å². The molecule has 1 N–H and O–H groups in total. The van der Waals surface area contributed by atoms with Gasteiger partial charge in [-0.05, 0) is 62.2 Å². The Hall–Kier alpha value is -3.94. The first kappa shape index (κ1) is 25.7. The molecule has 0 spiro atoms. The van der Waals surface area contributed by atoms with Crippen LogP contribution in [0, 0.1) is 13.8 Å². The van der Waals surface area contributed by atoms with Gasteiger partial charge >= 0.3 is 5.91 Å². The molecule has 192 valence electrons. The van der Waals surface area contributed by atoms with Crippen LogP contribution >= 0.6 is 23.2 Å². The fourth-order valence-electron chi connectivity index (χ4n) is 4.69. The zero-order valence-electron chi connectivity index (χ0n) is 21.1. The number of nitrogens with one attached hydrogen (secondary N) is 1. The summed E-state index contributed by atoms with van der Waals surface area (Å²) < 4.78 is 2.95. The van der Waals surface area contributed by atoms with Gasteiger partial charge in [0.05, 0.1) is 27.0 Å². The minimum atomic E-state index is -0.556. The first-order valence-electron chi connectivity index (χ1n) is 12.2. The van der Waals surface area contributed by atoms with Crippen LogP contribution in [0.4, 0.5) is 5.69 Å². The Morgan fingerprint density at radius 1 is 0.868 bits per heavy atom. The number of hydrogen-bond acceptors (Lipinski definition) is 3. The molecule has 1 aliphatic heterocycles. The van der Waals surface area contributed by atoms with Gasteiger partial charge in [-0.25, -0.2) is 9.58 Å². The van der Waals surface area contributed by atoms with Gasteiger partial charge < -0.3 is 0 Å². The van der Waals surface area contributed by atoms with Gasteiger partial charge in [-0.15, -0.1) is 0 Å². The molecule has 7 nitrogen and oxygen atoms in total. The van der Waals surface area contributed by atoms with Crippen molar-refractivity contribution in [3.05, 3.63) is 110 Å². The SMILES string of the molecule is CCCc1[nH]n(-c2ccc(Cl)c(Cl)c2)c(=O)c1C1=C([n+]2cccc(C)c2)C(=O)N(c2cccc(C)c2)C1=O. The molecule has 2 aromatic carbocycles. The van der Waals surface area contributed by atoms with Crippen LogP contribution in [0.25, 0.3) is 17.0 Å². The number of carbonyl (C=O) groups is 2. The summed E-state index contributed by atoms with van der Waals surface area (Å²) in [5, 5.41) is 3.80. The largest absolute Gasteiger partial charge is 0.331 e. The summed E-state index contributed by atoms with van der Waals surface area (Å²) in [7, 11) is 0. The van der Waals surface area contributed by atoms with Gasteiger partial charge in [-0.3, -0.25) is 19.5 Å². The number of hydrogen-bond donors (Lipinski definition) is 1. The standard InChI is InChI=1S/C29H24Cl2N4O3/c1-4-7-23-24(28(37)35(32-23)20-11-12-21(30)22(31)15-20)25-26(33-13-6-9-18(3)16-33)29(38)34(27(25)36)19-10-5-8-17(2)14-19/h5-6,8-16H,4,7H2,1-3H3/p+1. The smallest absolute Gasteiger partial charge is 0.294 e. The van der Waals surface area contributed by atoms with Crippen molar-refractivity contribution in [3.8, 4) is 5.69 Å². The summed E-state index contributed by atoms with van der Waals surface area (Å²) in [6, 6.07) is 15.7. The molecule has 0 fully saturated rings. The fourth-order valence-corrected chi connectivity index (χ4v) is 4.99. The van der Waals surface area contributed by atoms with Crippen LogP contribution in [0.3, 0.4) is 0 Å². The van der Waals surface area contributed by atoms with Crippen molar-refractivity contribution in [1.82, 2.24) is 9.78 Å². The Kier molecular flexibility index (Phi) is 6.82. The maximum absolute atomic E-state index is 14.1. The van der Waals surface area contributed by atoms with Crippen molar-refractivity contribution in [1.29, 1.82) is 0 Å². The van der Waals surface area contributed by atoms with E-state index in [0.29, 0.717) is 34.9 Å². The Morgan fingerprint density at radius 3 is 2.32 bits per heavy atom.